The lowest BCUT2D eigenvalue weighted by atomic mass is 9.60. The highest BCUT2D eigenvalue weighted by atomic mass is 16.4. The van der Waals surface area contributed by atoms with Gasteiger partial charge in [0.1, 0.15) is 29.7 Å². The molecule has 0 aliphatic heterocycles. The predicted molar refractivity (Wildman–Crippen MR) is 58.4 cm³/mol. The Labute approximate surface area is 99.2 Å². The zero-order chi connectivity index (χ0) is 12.9. The van der Waals surface area contributed by atoms with Gasteiger partial charge >= 0.3 is 5.97 Å². The average Bonchev–Trinajstić information content (AvgIpc) is 2.30. The average molecular weight is 240 g/mol. The number of carboxylic acids is 1. The predicted octanol–water partition coefficient (Wildman–Crippen LogP) is 0.995. The van der Waals surface area contributed by atoms with Crippen LogP contribution in [0.2, 0.25) is 0 Å². The van der Waals surface area contributed by atoms with E-state index in [1.807, 2.05) is 0 Å². The van der Waals surface area contributed by atoms with Crippen molar-refractivity contribution in [2.75, 3.05) is 0 Å². The first-order chi connectivity index (χ1) is 8.08. The number of hydrogen-bond acceptors (Lipinski definition) is 4. The van der Waals surface area contributed by atoms with Gasteiger partial charge in [0, 0.05) is 0 Å². The second kappa shape index (κ2) is 5.21. The third-order valence-electron chi connectivity index (χ3n) is 3.75. The molecule has 0 bridgehead atoms. The molecule has 1 unspecified atom stereocenters. The third kappa shape index (κ3) is 2.01. The molecular weight excluding hydrogens is 224 g/mol. The van der Waals surface area contributed by atoms with Crippen LogP contribution in [0.15, 0.2) is 0 Å². The van der Waals surface area contributed by atoms with Crippen molar-refractivity contribution < 1.29 is 24.3 Å². The van der Waals surface area contributed by atoms with Crippen LogP contribution in [0.1, 0.15) is 38.5 Å². The van der Waals surface area contributed by atoms with Crippen molar-refractivity contribution in [3.63, 3.8) is 0 Å². The fourth-order valence-electron chi connectivity index (χ4n) is 2.51. The van der Waals surface area contributed by atoms with Crippen molar-refractivity contribution in [1.82, 2.24) is 0 Å². The minimum atomic E-state index is -1.89. The fraction of sp³-hybridized carbons (Fsp3) is 0.667. The molecule has 0 heterocycles. The van der Waals surface area contributed by atoms with Gasteiger partial charge in [-0.25, -0.2) is 0 Å². The molecule has 1 N–H and O–H groups in total. The first kappa shape index (κ1) is 13.5. The van der Waals surface area contributed by atoms with Crippen LogP contribution in [0.25, 0.3) is 0 Å². The van der Waals surface area contributed by atoms with Crippen LogP contribution >= 0.6 is 0 Å². The maximum atomic E-state index is 11.4. The van der Waals surface area contributed by atoms with Gasteiger partial charge in [-0.3, -0.25) is 4.79 Å². The molecule has 1 aliphatic rings. The van der Waals surface area contributed by atoms with Crippen LogP contribution in [0, 0.1) is 10.8 Å². The number of aldehydes is 3. The maximum Gasteiger partial charge on any atom is 0.318 e. The van der Waals surface area contributed by atoms with Gasteiger partial charge in [-0.1, -0.05) is 25.7 Å². The van der Waals surface area contributed by atoms with Crippen LogP contribution in [0.3, 0.4) is 0 Å². The van der Waals surface area contributed by atoms with Crippen molar-refractivity contribution in [3.05, 3.63) is 0 Å². The molecule has 17 heavy (non-hydrogen) atoms. The summed E-state index contributed by atoms with van der Waals surface area (Å²) in [5, 5.41) is 9.25. The van der Waals surface area contributed by atoms with E-state index >= 15 is 0 Å². The fourth-order valence-corrected chi connectivity index (χ4v) is 2.51. The molecule has 94 valence electrons. The van der Waals surface area contributed by atoms with Gasteiger partial charge in [-0.05, 0) is 12.8 Å². The summed E-state index contributed by atoms with van der Waals surface area (Å²) in [5.41, 5.74) is -3.60. The summed E-state index contributed by atoms with van der Waals surface area (Å²) in [6.07, 6.45) is 3.91. The lowest BCUT2D eigenvalue weighted by Gasteiger charge is -2.38. The van der Waals surface area contributed by atoms with Gasteiger partial charge in [0.05, 0.1) is 0 Å². The van der Waals surface area contributed by atoms with Gasteiger partial charge in [0.25, 0.3) is 0 Å². The number of rotatable bonds is 4. The van der Waals surface area contributed by atoms with Crippen molar-refractivity contribution in [3.8, 4) is 0 Å². The molecule has 0 aromatic heterocycles. The molecule has 0 spiro atoms. The summed E-state index contributed by atoms with van der Waals surface area (Å²) in [6.45, 7) is 0. The summed E-state index contributed by atoms with van der Waals surface area (Å²) in [6, 6.07) is 0. The van der Waals surface area contributed by atoms with Crippen LogP contribution in [0.4, 0.5) is 0 Å². The van der Waals surface area contributed by atoms with E-state index in [1.165, 1.54) is 0 Å². The Bertz CT molecular complexity index is 328. The lowest BCUT2D eigenvalue weighted by Crippen LogP contribution is -2.52. The Hall–Kier alpha value is -1.52. The first-order valence-electron chi connectivity index (χ1n) is 5.71. The van der Waals surface area contributed by atoms with Crippen LogP contribution in [-0.4, -0.2) is 29.9 Å². The molecule has 0 aromatic carbocycles. The molecule has 0 radical (unpaired) electrons. The Morgan fingerprint density at radius 3 is 1.82 bits per heavy atom. The quantitative estimate of drug-likeness (QED) is 0.584. The molecule has 0 aromatic rings. The monoisotopic (exact) mass is 240 g/mol. The second-order valence-electron chi connectivity index (χ2n) is 4.58. The van der Waals surface area contributed by atoms with Gasteiger partial charge < -0.3 is 19.5 Å². The zero-order valence-electron chi connectivity index (χ0n) is 9.55. The molecule has 5 heteroatoms. The highest BCUT2D eigenvalue weighted by Crippen LogP contribution is 2.45. The molecule has 5 nitrogen and oxygen atoms in total. The molecule has 1 aliphatic carbocycles. The third-order valence-corrected chi connectivity index (χ3v) is 3.75. The summed E-state index contributed by atoms with van der Waals surface area (Å²) in [5.74, 6) is -1.38. The zero-order valence-corrected chi connectivity index (χ0v) is 9.55. The van der Waals surface area contributed by atoms with E-state index in [2.05, 4.69) is 0 Å². The van der Waals surface area contributed by atoms with Crippen molar-refractivity contribution >= 4 is 24.8 Å². The van der Waals surface area contributed by atoms with E-state index in [1.54, 1.807) is 0 Å². The molecule has 1 fully saturated rings. The van der Waals surface area contributed by atoms with Gasteiger partial charge in [-0.2, -0.15) is 0 Å². The normalized spacial score (nSPS) is 28.5. The van der Waals surface area contributed by atoms with E-state index in [9.17, 15) is 24.3 Å². The number of aliphatic carboxylic acids is 1. The number of carboxylic acid groups (broad SMARTS) is 1. The van der Waals surface area contributed by atoms with Crippen molar-refractivity contribution in [2.45, 2.75) is 38.5 Å². The summed E-state index contributed by atoms with van der Waals surface area (Å²) >= 11 is 0. The van der Waals surface area contributed by atoms with Crippen LogP contribution in [0.5, 0.6) is 0 Å². The van der Waals surface area contributed by atoms with E-state index < -0.39 is 16.8 Å². The van der Waals surface area contributed by atoms with Gasteiger partial charge in [0.15, 0.2) is 0 Å². The smallest absolute Gasteiger partial charge is 0.318 e. The maximum absolute atomic E-state index is 11.4. The highest BCUT2D eigenvalue weighted by molar-refractivity contribution is 6.03. The van der Waals surface area contributed by atoms with E-state index in [4.69, 9.17) is 0 Å². The molecule has 1 rings (SSSR count). The minimum Gasteiger partial charge on any atom is -0.480 e. The SMILES string of the molecule is O=CC1(C=O)CCCCCCC1(C=O)C(=O)O. The van der Waals surface area contributed by atoms with Crippen LogP contribution < -0.4 is 0 Å². The minimum absolute atomic E-state index is 0.0450. The number of carbonyl (C=O) groups excluding carboxylic acids is 3. The molecular formula is C12H16O5. The van der Waals surface area contributed by atoms with Crippen LogP contribution in [-0.2, 0) is 19.2 Å². The van der Waals surface area contributed by atoms with E-state index in [0.29, 0.717) is 25.4 Å². The number of hydrogen-bond donors (Lipinski definition) is 1. The Morgan fingerprint density at radius 1 is 0.882 bits per heavy atom. The standard InChI is InChI=1S/C12H16O5/c13-7-11(8-14)5-3-1-2-4-6-12(11,9-15)10(16)17/h7-9H,1-6H2,(H,16,17). The highest BCUT2D eigenvalue weighted by Gasteiger charge is 2.57. The lowest BCUT2D eigenvalue weighted by molar-refractivity contribution is -0.166. The Balaban J connectivity index is 3.31. The molecule has 0 saturated heterocycles. The molecule has 0 amide bonds. The Kier molecular flexibility index (Phi) is 4.15. The summed E-state index contributed by atoms with van der Waals surface area (Å²) in [4.78, 5) is 45.0. The summed E-state index contributed by atoms with van der Waals surface area (Å²) < 4.78 is 0. The summed E-state index contributed by atoms with van der Waals surface area (Å²) in [7, 11) is 0. The van der Waals surface area contributed by atoms with E-state index in [-0.39, 0.29) is 19.1 Å². The largest absolute Gasteiger partial charge is 0.480 e. The molecule has 1 saturated carbocycles. The van der Waals surface area contributed by atoms with E-state index in [0.717, 1.165) is 12.8 Å². The second-order valence-corrected chi connectivity index (χ2v) is 4.58. The van der Waals surface area contributed by atoms with Gasteiger partial charge in [0.2, 0.25) is 0 Å². The molecule has 1 atom stereocenters. The van der Waals surface area contributed by atoms with Gasteiger partial charge in [-0.15, -0.1) is 0 Å². The van der Waals surface area contributed by atoms with Crippen molar-refractivity contribution in [2.24, 2.45) is 10.8 Å². The van der Waals surface area contributed by atoms with Crippen molar-refractivity contribution in [1.29, 1.82) is 0 Å². The first-order valence-corrected chi connectivity index (χ1v) is 5.71. The Morgan fingerprint density at radius 2 is 1.41 bits per heavy atom. The number of carbonyl (C=O) groups is 4. The topological polar surface area (TPSA) is 88.5 Å².